The highest BCUT2D eigenvalue weighted by atomic mass is 16.5. The predicted octanol–water partition coefficient (Wildman–Crippen LogP) is 0.677. The maximum atomic E-state index is 11.4. The Morgan fingerprint density at radius 3 is 2.21 bits per heavy atom. The summed E-state index contributed by atoms with van der Waals surface area (Å²) in [6.45, 7) is 0.678. The van der Waals surface area contributed by atoms with Gasteiger partial charge in [-0.3, -0.25) is 4.79 Å². The van der Waals surface area contributed by atoms with Crippen molar-refractivity contribution in [2.45, 2.75) is 13.0 Å². The van der Waals surface area contributed by atoms with Crippen molar-refractivity contribution >= 4 is 5.91 Å². The van der Waals surface area contributed by atoms with Crippen molar-refractivity contribution in [3.05, 3.63) is 17.7 Å². The van der Waals surface area contributed by atoms with Crippen LogP contribution in [0.2, 0.25) is 0 Å². The third-order valence-corrected chi connectivity index (χ3v) is 2.63. The third-order valence-electron chi connectivity index (χ3n) is 2.63. The van der Waals surface area contributed by atoms with Crippen LogP contribution >= 0.6 is 0 Å². The van der Waals surface area contributed by atoms with Crippen LogP contribution in [0.4, 0.5) is 0 Å². The quantitative estimate of drug-likeness (QED) is 0.759. The van der Waals surface area contributed by atoms with E-state index in [4.69, 9.17) is 19.9 Å². The van der Waals surface area contributed by atoms with Gasteiger partial charge in [-0.1, -0.05) is 0 Å². The van der Waals surface area contributed by atoms with Crippen molar-refractivity contribution in [1.29, 1.82) is 0 Å². The number of nitrogens with two attached hydrogens (primary N) is 1. The van der Waals surface area contributed by atoms with Gasteiger partial charge in [0.1, 0.15) is 5.75 Å². The van der Waals surface area contributed by atoms with E-state index >= 15 is 0 Å². The van der Waals surface area contributed by atoms with Gasteiger partial charge >= 0.3 is 0 Å². The van der Waals surface area contributed by atoms with Crippen molar-refractivity contribution in [2.75, 3.05) is 27.9 Å². The molecule has 106 valence electrons. The van der Waals surface area contributed by atoms with Crippen LogP contribution in [0.5, 0.6) is 17.2 Å². The average molecular weight is 268 g/mol. The van der Waals surface area contributed by atoms with Crippen LogP contribution in [-0.2, 0) is 11.3 Å². The van der Waals surface area contributed by atoms with E-state index in [0.717, 1.165) is 5.56 Å². The molecule has 1 rings (SSSR count). The van der Waals surface area contributed by atoms with Gasteiger partial charge in [0.25, 0.3) is 0 Å². The standard InChI is InChI=1S/C13H20N2O4/c1-17-10-7-12(19-3)11(18-2)6-9(10)8-15-13(16)4-5-14/h6-7H,4-5,8,14H2,1-3H3,(H,15,16). The zero-order chi connectivity index (χ0) is 14.3. The Kier molecular flexibility index (Phi) is 5.95. The molecular weight excluding hydrogens is 248 g/mol. The fraction of sp³-hybridized carbons (Fsp3) is 0.462. The largest absolute Gasteiger partial charge is 0.496 e. The monoisotopic (exact) mass is 268 g/mol. The Hall–Kier alpha value is -1.95. The molecule has 0 atom stereocenters. The molecule has 0 spiro atoms. The molecule has 0 aromatic heterocycles. The van der Waals surface area contributed by atoms with Gasteiger partial charge in [0.15, 0.2) is 11.5 Å². The molecule has 0 unspecified atom stereocenters. The number of hydrogen-bond donors (Lipinski definition) is 2. The number of carbonyl (C=O) groups is 1. The first-order valence-electron chi connectivity index (χ1n) is 5.91. The number of methoxy groups -OCH3 is 3. The van der Waals surface area contributed by atoms with Crippen molar-refractivity contribution in [3.63, 3.8) is 0 Å². The summed E-state index contributed by atoms with van der Waals surface area (Å²) in [6.07, 6.45) is 0.301. The van der Waals surface area contributed by atoms with E-state index in [9.17, 15) is 4.79 Å². The fourth-order valence-electron chi connectivity index (χ4n) is 1.64. The summed E-state index contributed by atoms with van der Waals surface area (Å²) in [7, 11) is 4.67. The molecule has 0 aliphatic heterocycles. The maximum Gasteiger partial charge on any atom is 0.221 e. The molecule has 0 saturated carbocycles. The van der Waals surface area contributed by atoms with Gasteiger partial charge in [0.05, 0.1) is 21.3 Å². The van der Waals surface area contributed by atoms with E-state index in [1.54, 1.807) is 33.5 Å². The number of carbonyl (C=O) groups excluding carboxylic acids is 1. The summed E-state index contributed by atoms with van der Waals surface area (Å²) in [5.41, 5.74) is 6.13. The lowest BCUT2D eigenvalue weighted by Crippen LogP contribution is -2.25. The van der Waals surface area contributed by atoms with Crippen LogP contribution in [0.15, 0.2) is 12.1 Å². The molecule has 0 aliphatic carbocycles. The summed E-state index contributed by atoms with van der Waals surface area (Å²) in [6, 6.07) is 3.50. The normalized spacial score (nSPS) is 9.89. The number of nitrogens with one attached hydrogen (secondary N) is 1. The van der Waals surface area contributed by atoms with E-state index in [1.807, 2.05) is 0 Å². The Bertz CT molecular complexity index is 435. The van der Waals surface area contributed by atoms with Crippen LogP contribution < -0.4 is 25.3 Å². The summed E-state index contributed by atoms with van der Waals surface area (Å²) < 4.78 is 15.7. The Balaban J connectivity index is 2.89. The summed E-state index contributed by atoms with van der Waals surface area (Å²) in [5, 5.41) is 2.77. The van der Waals surface area contributed by atoms with Gasteiger partial charge in [-0.2, -0.15) is 0 Å². The first kappa shape index (κ1) is 15.1. The van der Waals surface area contributed by atoms with Gasteiger partial charge in [-0.25, -0.2) is 0 Å². The zero-order valence-corrected chi connectivity index (χ0v) is 11.5. The molecule has 6 nitrogen and oxygen atoms in total. The van der Waals surface area contributed by atoms with E-state index < -0.39 is 0 Å². The van der Waals surface area contributed by atoms with Crippen molar-refractivity contribution in [2.24, 2.45) is 5.73 Å². The predicted molar refractivity (Wildman–Crippen MR) is 71.6 cm³/mol. The first-order chi connectivity index (χ1) is 9.15. The van der Waals surface area contributed by atoms with Crippen LogP contribution in [0, 0.1) is 0 Å². The molecule has 1 amide bonds. The number of benzene rings is 1. The topological polar surface area (TPSA) is 82.8 Å². The summed E-state index contributed by atoms with van der Waals surface area (Å²) in [5.74, 6) is 1.70. The average Bonchev–Trinajstić information content (AvgIpc) is 2.44. The van der Waals surface area contributed by atoms with Crippen molar-refractivity contribution in [3.8, 4) is 17.2 Å². The van der Waals surface area contributed by atoms with Gasteiger partial charge in [-0.05, 0) is 6.07 Å². The van der Waals surface area contributed by atoms with Gasteiger partial charge in [0.2, 0.25) is 5.91 Å². The minimum absolute atomic E-state index is 0.0978. The highest BCUT2D eigenvalue weighted by Crippen LogP contribution is 2.34. The van der Waals surface area contributed by atoms with E-state index in [-0.39, 0.29) is 5.91 Å². The second kappa shape index (κ2) is 7.48. The molecular formula is C13H20N2O4. The van der Waals surface area contributed by atoms with Crippen molar-refractivity contribution < 1.29 is 19.0 Å². The van der Waals surface area contributed by atoms with Crippen molar-refractivity contribution in [1.82, 2.24) is 5.32 Å². The fourth-order valence-corrected chi connectivity index (χ4v) is 1.64. The number of amides is 1. The Morgan fingerprint density at radius 2 is 1.68 bits per heavy atom. The lowest BCUT2D eigenvalue weighted by atomic mass is 10.1. The third kappa shape index (κ3) is 4.03. The molecule has 0 bridgehead atoms. The van der Waals surface area contributed by atoms with Gasteiger partial charge < -0.3 is 25.3 Å². The van der Waals surface area contributed by atoms with Crippen LogP contribution in [0.1, 0.15) is 12.0 Å². The van der Waals surface area contributed by atoms with Crippen LogP contribution in [0.25, 0.3) is 0 Å². The number of rotatable bonds is 7. The van der Waals surface area contributed by atoms with E-state index in [1.165, 1.54) is 0 Å². The highest BCUT2D eigenvalue weighted by molar-refractivity contribution is 5.76. The highest BCUT2D eigenvalue weighted by Gasteiger charge is 2.12. The minimum atomic E-state index is -0.0978. The molecule has 1 aromatic rings. The Labute approximate surface area is 112 Å². The lowest BCUT2D eigenvalue weighted by Gasteiger charge is -2.14. The molecule has 0 aliphatic rings. The smallest absolute Gasteiger partial charge is 0.221 e. The molecule has 6 heteroatoms. The number of hydrogen-bond acceptors (Lipinski definition) is 5. The second-order valence-electron chi connectivity index (χ2n) is 3.83. The Morgan fingerprint density at radius 1 is 1.11 bits per heavy atom. The van der Waals surface area contributed by atoms with Crippen LogP contribution in [-0.4, -0.2) is 33.8 Å². The minimum Gasteiger partial charge on any atom is -0.496 e. The molecule has 0 fully saturated rings. The molecule has 1 aromatic carbocycles. The lowest BCUT2D eigenvalue weighted by molar-refractivity contribution is -0.121. The molecule has 0 heterocycles. The molecule has 19 heavy (non-hydrogen) atoms. The SMILES string of the molecule is COc1cc(OC)c(OC)cc1CNC(=O)CCN. The summed E-state index contributed by atoms with van der Waals surface area (Å²) in [4.78, 5) is 11.4. The second-order valence-corrected chi connectivity index (χ2v) is 3.83. The van der Waals surface area contributed by atoms with Gasteiger partial charge in [-0.15, -0.1) is 0 Å². The molecule has 0 saturated heterocycles. The van der Waals surface area contributed by atoms with E-state index in [2.05, 4.69) is 5.32 Å². The summed E-state index contributed by atoms with van der Waals surface area (Å²) >= 11 is 0. The van der Waals surface area contributed by atoms with E-state index in [0.29, 0.717) is 36.8 Å². The first-order valence-corrected chi connectivity index (χ1v) is 5.91. The van der Waals surface area contributed by atoms with Gasteiger partial charge in [0, 0.05) is 31.1 Å². The maximum absolute atomic E-state index is 11.4. The molecule has 0 radical (unpaired) electrons. The number of ether oxygens (including phenoxy) is 3. The van der Waals surface area contributed by atoms with Crippen LogP contribution in [0.3, 0.4) is 0 Å². The molecule has 3 N–H and O–H groups in total. The zero-order valence-electron chi connectivity index (χ0n) is 11.5.